The molecule has 0 aliphatic carbocycles. The molecule has 1 saturated heterocycles. The van der Waals surface area contributed by atoms with E-state index in [1.807, 2.05) is 30.3 Å². The van der Waals surface area contributed by atoms with Crippen LogP contribution in [0.1, 0.15) is 32.6 Å². The molecule has 1 aromatic rings. The number of nitrogens with two attached hydrogens (primary N) is 1. The van der Waals surface area contributed by atoms with Crippen LogP contribution in [0.4, 0.5) is 5.69 Å². The summed E-state index contributed by atoms with van der Waals surface area (Å²) in [4.78, 5) is 6.87. The smallest absolute Gasteiger partial charge is 0.213 e. The molecule has 0 saturated carbocycles. The van der Waals surface area contributed by atoms with E-state index >= 15 is 0 Å². The van der Waals surface area contributed by atoms with Crippen molar-refractivity contribution in [3.63, 3.8) is 0 Å². The SMILES string of the molecule is CCC1CCCN(C(=Nc2ccccc2)NN)CC1. The molecule has 0 amide bonds. The summed E-state index contributed by atoms with van der Waals surface area (Å²) in [5.74, 6) is 7.28. The van der Waals surface area contributed by atoms with Crippen LogP contribution in [0.25, 0.3) is 0 Å². The molecule has 4 nitrogen and oxygen atoms in total. The second-order valence-corrected chi connectivity index (χ2v) is 5.11. The molecule has 1 aliphatic rings. The summed E-state index contributed by atoms with van der Waals surface area (Å²) >= 11 is 0. The lowest BCUT2D eigenvalue weighted by Crippen LogP contribution is -2.45. The molecule has 1 heterocycles. The van der Waals surface area contributed by atoms with Crippen molar-refractivity contribution in [2.24, 2.45) is 16.8 Å². The summed E-state index contributed by atoms with van der Waals surface area (Å²) in [6, 6.07) is 9.95. The summed E-state index contributed by atoms with van der Waals surface area (Å²) in [6.45, 7) is 4.35. The van der Waals surface area contributed by atoms with Crippen LogP contribution in [0.15, 0.2) is 35.3 Å². The van der Waals surface area contributed by atoms with Gasteiger partial charge < -0.3 is 4.90 Å². The standard InChI is InChI=1S/C15H24N4/c1-2-13-7-6-11-19(12-10-13)15(18-16)17-14-8-4-3-5-9-14/h3-5,8-9,13H,2,6-7,10-12,16H2,1H3,(H,17,18). The van der Waals surface area contributed by atoms with Crippen LogP contribution in [0.5, 0.6) is 0 Å². The molecular formula is C15H24N4. The van der Waals surface area contributed by atoms with Crippen LogP contribution in [0, 0.1) is 5.92 Å². The highest BCUT2D eigenvalue weighted by Gasteiger charge is 2.18. The molecule has 0 spiro atoms. The molecular weight excluding hydrogens is 236 g/mol. The number of nitrogens with zero attached hydrogens (tertiary/aromatic N) is 2. The van der Waals surface area contributed by atoms with Crippen molar-refractivity contribution in [2.45, 2.75) is 32.6 Å². The quantitative estimate of drug-likeness (QED) is 0.372. The number of aliphatic imine (C=N–C) groups is 1. The van der Waals surface area contributed by atoms with Crippen LogP contribution >= 0.6 is 0 Å². The van der Waals surface area contributed by atoms with Gasteiger partial charge in [0, 0.05) is 13.1 Å². The average molecular weight is 260 g/mol. The Bertz CT molecular complexity index is 402. The number of para-hydroxylation sites is 1. The number of hydrazine groups is 1. The van der Waals surface area contributed by atoms with E-state index in [1.165, 1.54) is 25.7 Å². The first-order chi connectivity index (χ1) is 9.33. The molecule has 0 radical (unpaired) electrons. The van der Waals surface area contributed by atoms with Crippen molar-refractivity contribution in [1.82, 2.24) is 10.3 Å². The van der Waals surface area contributed by atoms with Crippen LogP contribution in [0.3, 0.4) is 0 Å². The van der Waals surface area contributed by atoms with Gasteiger partial charge in [0.1, 0.15) is 0 Å². The van der Waals surface area contributed by atoms with E-state index in [0.29, 0.717) is 0 Å². The lowest BCUT2D eigenvalue weighted by molar-refractivity contribution is 0.401. The van der Waals surface area contributed by atoms with Gasteiger partial charge in [0.2, 0.25) is 5.96 Å². The highest BCUT2D eigenvalue weighted by Crippen LogP contribution is 2.20. The Labute approximate surface area is 115 Å². The third-order valence-electron chi connectivity index (χ3n) is 3.84. The minimum atomic E-state index is 0.781. The molecule has 104 valence electrons. The number of benzene rings is 1. The van der Waals surface area contributed by atoms with Gasteiger partial charge in [-0.2, -0.15) is 0 Å². The molecule has 1 aliphatic heterocycles. The van der Waals surface area contributed by atoms with Gasteiger partial charge in [-0.1, -0.05) is 31.5 Å². The van der Waals surface area contributed by atoms with Crippen molar-refractivity contribution in [2.75, 3.05) is 13.1 Å². The minimum absolute atomic E-state index is 0.781. The van der Waals surface area contributed by atoms with Gasteiger partial charge in [-0.05, 0) is 37.3 Å². The van der Waals surface area contributed by atoms with Crippen molar-refractivity contribution in [1.29, 1.82) is 0 Å². The zero-order valence-electron chi connectivity index (χ0n) is 11.7. The molecule has 1 fully saturated rings. The van der Waals surface area contributed by atoms with Gasteiger partial charge >= 0.3 is 0 Å². The second kappa shape index (κ2) is 7.14. The van der Waals surface area contributed by atoms with E-state index in [-0.39, 0.29) is 0 Å². The lowest BCUT2D eigenvalue weighted by atomic mass is 9.98. The van der Waals surface area contributed by atoms with Gasteiger partial charge in [0.05, 0.1) is 5.69 Å². The molecule has 1 aromatic carbocycles. The summed E-state index contributed by atoms with van der Waals surface area (Å²) in [7, 11) is 0. The van der Waals surface area contributed by atoms with Crippen LogP contribution in [-0.4, -0.2) is 23.9 Å². The molecule has 3 N–H and O–H groups in total. The third-order valence-corrected chi connectivity index (χ3v) is 3.84. The van der Waals surface area contributed by atoms with Crippen molar-refractivity contribution < 1.29 is 0 Å². The molecule has 1 atom stereocenters. The molecule has 0 bridgehead atoms. The van der Waals surface area contributed by atoms with Crippen molar-refractivity contribution in [3.05, 3.63) is 30.3 Å². The first-order valence-corrected chi connectivity index (χ1v) is 7.18. The van der Waals surface area contributed by atoms with Crippen molar-refractivity contribution in [3.8, 4) is 0 Å². The zero-order valence-corrected chi connectivity index (χ0v) is 11.7. The van der Waals surface area contributed by atoms with Gasteiger partial charge in [0.25, 0.3) is 0 Å². The van der Waals surface area contributed by atoms with Crippen LogP contribution in [0.2, 0.25) is 0 Å². The van der Waals surface area contributed by atoms with Gasteiger partial charge in [-0.25, -0.2) is 10.8 Å². The fourth-order valence-electron chi connectivity index (χ4n) is 2.60. The molecule has 0 aromatic heterocycles. The average Bonchev–Trinajstić information content (AvgIpc) is 2.71. The Morgan fingerprint density at radius 2 is 2.11 bits per heavy atom. The Morgan fingerprint density at radius 3 is 2.79 bits per heavy atom. The number of likely N-dealkylation sites (tertiary alicyclic amines) is 1. The summed E-state index contributed by atoms with van der Waals surface area (Å²) in [5, 5.41) is 0. The summed E-state index contributed by atoms with van der Waals surface area (Å²) in [5.41, 5.74) is 3.69. The van der Waals surface area contributed by atoms with E-state index in [2.05, 4.69) is 22.2 Å². The van der Waals surface area contributed by atoms with Gasteiger partial charge in [-0.3, -0.25) is 5.43 Å². The fraction of sp³-hybridized carbons (Fsp3) is 0.533. The molecule has 19 heavy (non-hydrogen) atoms. The van der Waals surface area contributed by atoms with E-state index < -0.39 is 0 Å². The highest BCUT2D eigenvalue weighted by atomic mass is 15.4. The number of hydrogen-bond acceptors (Lipinski definition) is 2. The maximum Gasteiger partial charge on any atom is 0.213 e. The Balaban J connectivity index is 2.07. The fourth-order valence-corrected chi connectivity index (χ4v) is 2.60. The Kier molecular flexibility index (Phi) is 5.21. The maximum absolute atomic E-state index is 5.65. The normalized spacial score (nSPS) is 21.1. The maximum atomic E-state index is 5.65. The van der Waals surface area contributed by atoms with Crippen LogP contribution < -0.4 is 11.3 Å². The van der Waals surface area contributed by atoms with Gasteiger partial charge in [-0.15, -0.1) is 0 Å². The Hall–Kier alpha value is -1.55. The molecule has 1 unspecified atom stereocenters. The minimum Gasteiger partial charge on any atom is -0.342 e. The van der Waals surface area contributed by atoms with E-state index in [4.69, 9.17) is 5.84 Å². The largest absolute Gasteiger partial charge is 0.342 e. The number of rotatable bonds is 2. The second-order valence-electron chi connectivity index (χ2n) is 5.11. The zero-order chi connectivity index (χ0) is 13.5. The predicted molar refractivity (Wildman–Crippen MR) is 80.1 cm³/mol. The number of hydrogen-bond donors (Lipinski definition) is 2. The molecule has 4 heteroatoms. The predicted octanol–water partition coefficient (Wildman–Crippen LogP) is 2.65. The third kappa shape index (κ3) is 3.96. The van der Waals surface area contributed by atoms with Crippen molar-refractivity contribution >= 4 is 11.6 Å². The monoisotopic (exact) mass is 260 g/mol. The Morgan fingerprint density at radius 1 is 1.32 bits per heavy atom. The van der Waals surface area contributed by atoms with E-state index in [9.17, 15) is 0 Å². The number of guanidine groups is 1. The van der Waals surface area contributed by atoms with Crippen LogP contribution in [-0.2, 0) is 0 Å². The van der Waals surface area contributed by atoms with E-state index in [1.54, 1.807) is 0 Å². The summed E-state index contributed by atoms with van der Waals surface area (Å²) in [6.07, 6.45) is 5.03. The first-order valence-electron chi connectivity index (χ1n) is 7.18. The molecule has 2 rings (SSSR count). The highest BCUT2D eigenvalue weighted by molar-refractivity contribution is 5.82. The first kappa shape index (κ1) is 13.9. The summed E-state index contributed by atoms with van der Waals surface area (Å²) < 4.78 is 0. The number of nitrogens with one attached hydrogen (secondary N) is 1. The lowest BCUT2D eigenvalue weighted by Gasteiger charge is -2.23. The van der Waals surface area contributed by atoms with E-state index in [0.717, 1.165) is 30.7 Å². The van der Waals surface area contributed by atoms with Gasteiger partial charge in [0.15, 0.2) is 0 Å². The topological polar surface area (TPSA) is 53.6 Å².